The highest BCUT2D eigenvalue weighted by Crippen LogP contribution is 2.35. The molecule has 2 N–H and O–H groups in total. The van der Waals surface area contributed by atoms with Gasteiger partial charge in [0.25, 0.3) is 0 Å². The van der Waals surface area contributed by atoms with Crippen molar-refractivity contribution in [1.29, 1.82) is 0 Å². The molecular weight excluding hydrogens is 272 g/mol. The van der Waals surface area contributed by atoms with Crippen LogP contribution in [0.5, 0.6) is 0 Å². The zero-order valence-electron chi connectivity index (χ0n) is 13.3. The van der Waals surface area contributed by atoms with Crippen LogP contribution < -0.4 is 5.73 Å². The van der Waals surface area contributed by atoms with Gasteiger partial charge in [-0.3, -0.25) is 4.79 Å². The summed E-state index contributed by atoms with van der Waals surface area (Å²) in [5.41, 5.74) is 7.18. The summed E-state index contributed by atoms with van der Waals surface area (Å²) in [5.74, 6) is 0.0886. The Bertz CT molecular complexity index is 678. The van der Waals surface area contributed by atoms with Gasteiger partial charge in [0.2, 0.25) is 5.91 Å². The van der Waals surface area contributed by atoms with Gasteiger partial charge in [-0.15, -0.1) is 0 Å². The zero-order valence-corrected chi connectivity index (χ0v) is 13.3. The Morgan fingerprint density at radius 1 is 1.23 bits per heavy atom. The van der Waals surface area contributed by atoms with Crippen LogP contribution >= 0.6 is 0 Å². The van der Waals surface area contributed by atoms with Crippen molar-refractivity contribution in [2.24, 2.45) is 5.73 Å². The first-order chi connectivity index (χ1) is 10.6. The number of hydrogen-bond donors (Lipinski definition) is 1. The average molecular weight is 296 g/mol. The summed E-state index contributed by atoms with van der Waals surface area (Å²) in [7, 11) is 0. The van der Waals surface area contributed by atoms with E-state index in [1.54, 1.807) is 0 Å². The van der Waals surface area contributed by atoms with Gasteiger partial charge in [-0.25, -0.2) is 0 Å². The van der Waals surface area contributed by atoms with Crippen molar-refractivity contribution < 1.29 is 4.79 Å². The van der Waals surface area contributed by atoms with Gasteiger partial charge in [0.05, 0.1) is 12.1 Å². The fraction of sp³-hybridized carbons (Fsp3) is 0.421. The van der Waals surface area contributed by atoms with Crippen molar-refractivity contribution in [2.75, 3.05) is 0 Å². The maximum absolute atomic E-state index is 12.6. The Kier molecular flexibility index (Phi) is 4.16. The molecule has 0 aromatic heterocycles. The van der Waals surface area contributed by atoms with E-state index in [0.29, 0.717) is 12.5 Å². The number of hydrogen-bond acceptors (Lipinski definition) is 2. The highest BCUT2D eigenvalue weighted by atomic mass is 16.2. The van der Waals surface area contributed by atoms with Crippen LogP contribution in [0.3, 0.4) is 0 Å². The second-order valence-corrected chi connectivity index (χ2v) is 6.27. The monoisotopic (exact) mass is 296 g/mol. The fourth-order valence-electron chi connectivity index (χ4n) is 3.03. The van der Waals surface area contributed by atoms with Gasteiger partial charge < -0.3 is 10.6 Å². The molecule has 116 valence electrons. The summed E-state index contributed by atoms with van der Waals surface area (Å²) in [6.45, 7) is 4.08. The molecule has 1 fully saturated rings. The van der Waals surface area contributed by atoms with E-state index < -0.39 is 0 Å². The van der Waals surface area contributed by atoms with E-state index in [0.717, 1.165) is 12.8 Å². The smallest absolute Gasteiger partial charge is 0.240 e. The Morgan fingerprint density at radius 2 is 1.91 bits per heavy atom. The van der Waals surface area contributed by atoms with Gasteiger partial charge in [-0.1, -0.05) is 43.3 Å². The number of nitrogens with two attached hydrogens (primary N) is 1. The van der Waals surface area contributed by atoms with Crippen LogP contribution in [0.4, 0.5) is 0 Å². The lowest BCUT2D eigenvalue weighted by molar-refractivity contribution is -0.135. The topological polar surface area (TPSA) is 46.3 Å². The van der Waals surface area contributed by atoms with Crippen molar-refractivity contribution in [3.05, 3.63) is 48.0 Å². The minimum atomic E-state index is -0.386. The van der Waals surface area contributed by atoms with Gasteiger partial charge in [0.15, 0.2) is 0 Å². The van der Waals surface area contributed by atoms with Gasteiger partial charge >= 0.3 is 0 Å². The fourth-order valence-corrected chi connectivity index (χ4v) is 3.03. The van der Waals surface area contributed by atoms with Crippen molar-refractivity contribution >= 4 is 16.7 Å². The summed E-state index contributed by atoms with van der Waals surface area (Å²) < 4.78 is 0. The SMILES string of the molecule is CC[C@H](N)C(=O)N(C1CC1)[C@@H](C)c1ccc2ccccc2c1. The van der Waals surface area contributed by atoms with E-state index in [1.165, 1.54) is 16.3 Å². The summed E-state index contributed by atoms with van der Waals surface area (Å²) in [6, 6.07) is 14.8. The Morgan fingerprint density at radius 3 is 2.55 bits per heavy atom. The van der Waals surface area contributed by atoms with Crippen LogP contribution in [-0.2, 0) is 4.79 Å². The molecule has 0 bridgehead atoms. The minimum Gasteiger partial charge on any atom is -0.332 e. The summed E-state index contributed by atoms with van der Waals surface area (Å²) in [4.78, 5) is 14.6. The molecule has 0 aliphatic heterocycles. The summed E-state index contributed by atoms with van der Waals surface area (Å²) >= 11 is 0. The highest BCUT2D eigenvalue weighted by Gasteiger charge is 2.37. The molecule has 1 saturated carbocycles. The maximum atomic E-state index is 12.6. The number of carbonyl (C=O) groups is 1. The molecule has 1 aliphatic carbocycles. The van der Waals surface area contributed by atoms with Gasteiger partial charge in [0.1, 0.15) is 0 Å². The first kappa shape index (κ1) is 15.0. The maximum Gasteiger partial charge on any atom is 0.240 e. The predicted molar refractivity (Wildman–Crippen MR) is 90.5 cm³/mol. The van der Waals surface area contributed by atoms with Gasteiger partial charge in [-0.2, -0.15) is 0 Å². The molecule has 0 radical (unpaired) electrons. The molecule has 22 heavy (non-hydrogen) atoms. The molecule has 3 heteroatoms. The van der Waals surface area contributed by atoms with E-state index in [2.05, 4.69) is 37.3 Å². The van der Waals surface area contributed by atoms with E-state index in [-0.39, 0.29) is 18.0 Å². The normalized spacial score (nSPS) is 17.2. The molecule has 3 nitrogen and oxygen atoms in total. The Balaban J connectivity index is 1.91. The van der Waals surface area contributed by atoms with Crippen LogP contribution in [0.15, 0.2) is 42.5 Å². The van der Waals surface area contributed by atoms with Crippen LogP contribution in [0.25, 0.3) is 10.8 Å². The molecule has 2 aromatic carbocycles. The summed E-state index contributed by atoms with van der Waals surface area (Å²) in [6.07, 6.45) is 2.88. The second-order valence-electron chi connectivity index (χ2n) is 6.27. The zero-order chi connectivity index (χ0) is 15.7. The number of carbonyl (C=O) groups excluding carboxylic acids is 1. The average Bonchev–Trinajstić information content (AvgIpc) is 3.38. The molecule has 0 unspecified atom stereocenters. The predicted octanol–water partition coefficient (Wildman–Crippen LogP) is 3.63. The van der Waals surface area contributed by atoms with E-state index in [1.807, 2.05) is 24.0 Å². The molecular formula is C19H24N2O. The molecule has 3 rings (SSSR count). The van der Waals surface area contributed by atoms with Crippen molar-refractivity contribution in [2.45, 2.75) is 51.2 Å². The number of rotatable bonds is 5. The molecule has 0 saturated heterocycles. The van der Waals surface area contributed by atoms with Crippen molar-refractivity contribution in [3.8, 4) is 0 Å². The minimum absolute atomic E-state index is 0.0715. The van der Waals surface area contributed by atoms with Crippen molar-refractivity contribution in [3.63, 3.8) is 0 Å². The lowest BCUT2D eigenvalue weighted by Gasteiger charge is -2.32. The Hall–Kier alpha value is -1.87. The van der Waals surface area contributed by atoms with Crippen molar-refractivity contribution in [1.82, 2.24) is 4.90 Å². The first-order valence-electron chi connectivity index (χ1n) is 8.18. The third-order valence-corrected chi connectivity index (χ3v) is 4.62. The molecule has 0 spiro atoms. The third-order valence-electron chi connectivity index (χ3n) is 4.62. The van der Waals surface area contributed by atoms with E-state index in [9.17, 15) is 4.79 Å². The van der Waals surface area contributed by atoms with E-state index in [4.69, 9.17) is 5.73 Å². The number of benzene rings is 2. The van der Waals surface area contributed by atoms with Crippen LogP contribution in [-0.4, -0.2) is 22.9 Å². The van der Waals surface area contributed by atoms with Crippen LogP contribution in [0.1, 0.15) is 44.7 Å². The van der Waals surface area contributed by atoms with Gasteiger partial charge in [-0.05, 0) is 48.6 Å². The van der Waals surface area contributed by atoms with Gasteiger partial charge in [0, 0.05) is 6.04 Å². The first-order valence-corrected chi connectivity index (χ1v) is 8.18. The second kappa shape index (κ2) is 6.09. The lowest BCUT2D eigenvalue weighted by Crippen LogP contribution is -2.45. The number of fused-ring (bicyclic) bond motifs is 1. The summed E-state index contributed by atoms with van der Waals surface area (Å²) in [5, 5.41) is 2.45. The van der Waals surface area contributed by atoms with Crippen LogP contribution in [0, 0.1) is 0 Å². The molecule has 2 atom stereocenters. The molecule has 2 aromatic rings. The largest absolute Gasteiger partial charge is 0.332 e. The quantitative estimate of drug-likeness (QED) is 0.916. The molecule has 1 amide bonds. The standard InChI is InChI=1S/C19H24N2O/c1-3-18(20)19(22)21(17-10-11-17)13(2)15-9-8-14-6-4-5-7-16(14)12-15/h4-9,12-13,17-18H,3,10-11,20H2,1-2H3/t13-,18-/m0/s1. The Labute approximate surface area is 132 Å². The molecule has 1 aliphatic rings. The lowest BCUT2D eigenvalue weighted by atomic mass is 10.0. The number of nitrogens with zero attached hydrogens (tertiary/aromatic N) is 1. The third kappa shape index (κ3) is 2.86. The molecule has 0 heterocycles. The number of amides is 1. The highest BCUT2D eigenvalue weighted by molar-refractivity contribution is 5.84. The van der Waals surface area contributed by atoms with E-state index >= 15 is 0 Å². The van der Waals surface area contributed by atoms with Crippen LogP contribution in [0.2, 0.25) is 0 Å².